The van der Waals surface area contributed by atoms with E-state index in [-0.39, 0.29) is 61.1 Å². The number of benzene rings is 2. The number of aliphatic hydroxyl groups excluding tert-OH is 3. The zero-order chi connectivity index (χ0) is 41.5. The van der Waals surface area contributed by atoms with Gasteiger partial charge in [0.1, 0.15) is 18.4 Å². The summed E-state index contributed by atoms with van der Waals surface area (Å²) in [6.07, 6.45) is 17.8. The number of H-pyrrole nitrogens is 1. The summed E-state index contributed by atoms with van der Waals surface area (Å²) in [5.74, 6) is 0.852. The van der Waals surface area contributed by atoms with E-state index in [1.54, 1.807) is 0 Å². The topological polar surface area (TPSA) is 210 Å². The smallest absolute Gasteiger partial charge is 0.328 e. The maximum absolute atomic E-state index is 12.8. The number of nitrogens with one attached hydrogen (secondary N) is 3. The average Bonchev–Trinajstić information content (AvgIpc) is 3.75. The molecule has 3 aromatic rings. The molecular weight excluding hydrogens is 747 g/mol. The van der Waals surface area contributed by atoms with E-state index in [4.69, 9.17) is 10.7 Å². The van der Waals surface area contributed by atoms with Crippen LogP contribution in [0.1, 0.15) is 99.2 Å². The summed E-state index contributed by atoms with van der Waals surface area (Å²) in [5.41, 5.74) is 10.7. The average molecular weight is 808 g/mol. The van der Waals surface area contributed by atoms with Crippen LogP contribution in [0.25, 0.3) is 10.8 Å². The molecule has 59 heavy (non-hydrogen) atoms. The molecule has 4 aliphatic rings. The van der Waals surface area contributed by atoms with Crippen LogP contribution in [0.4, 0.5) is 5.82 Å². The first kappa shape index (κ1) is 42.3. The van der Waals surface area contributed by atoms with Gasteiger partial charge >= 0.3 is 5.97 Å². The lowest BCUT2D eigenvalue weighted by Gasteiger charge is -2.57. The van der Waals surface area contributed by atoms with Gasteiger partial charge in [-0.1, -0.05) is 61.7 Å². The molecule has 2 heterocycles. The van der Waals surface area contributed by atoms with Crippen molar-refractivity contribution >= 4 is 41.1 Å². The summed E-state index contributed by atoms with van der Waals surface area (Å²) in [7, 11) is 0. The number of carbonyl (C=O) groups excluding carboxylic acids is 2. The second-order valence-electron chi connectivity index (χ2n) is 17.3. The largest absolute Gasteiger partial charge is 0.478 e. The number of allylic oxidation sites excluding steroid dienone is 2. The molecule has 0 saturated heterocycles. The number of hydrogen-bond donors (Lipinski definition) is 8. The molecule has 1 aromatic heterocycles. The molecule has 1 saturated carbocycles. The summed E-state index contributed by atoms with van der Waals surface area (Å²) in [6.45, 7) is -0.0986. The van der Waals surface area contributed by atoms with Crippen molar-refractivity contribution < 1.29 is 34.8 Å². The number of aliphatic imine (C=N–C) groups is 1. The van der Waals surface area contributed by atoms with E-state index in [0.717, 1.165) is 74.3 Å². The molecule has 0 spiro atoms. The zero-order valence-electron chi connectivity index (χ0n) is 33.8. The number of carbonyl (C=O) groups is 3. The minimum atomic E-state index is -1.08. The maximum Gasteiger partial charge on any atom is 0.328 e. The number of carboxylic acids is 1. The van der Waals surface area contributed by atoms with Crippen molar-refractivity contribution in [3.05, 3.63) is 89.2 Å². The van der Waals surface area contributed by atoms with E-state index in [0.29, 0.717) is 37.2 Å². The van der Waals surface area contributed by atoms with Crippen LogP contribution in [-0.2, 0) is 20.8 Å². The number of aldehydes is 2. The van der Waals surface area contributed by atoms with Crippen molar-refractivity contribution in [1.29, 1.82) is 0 Å². The second-order valence-corrected chi connectivity index (χ2v) is 17.3. The fraction of sp³-hybridized carbons (Fsp3) is 0.532. The van der Waals surface area contributed by atoms with E-state index < -0.39 is 30.2 Å². The molecule has 3 aliphatic carbocycles. The molecule has 1 fully saturated rings. The van der Waals surface area contributed by atoms with Gasteiger partial charge in [0.05, 0.1) is 24.2 Å². The highest BCUT2D eigenvalue weighted by molar-refractivity contribution is 5.86. The number of aromatic nitrogens is 1. The van der Waals surface area contributed by atoms with Crippen LogP contribution in [0.15, 0.2) is 77.5 Å². The predicted molar refractivity (Wildman–Crippen MR) is 229 cm³/mol. The van der Waals surface area contributed by atoms with Crippen molar-refractivity contribution in [3.8, 4) is 0 Å². The van der Waals surface area contributed by atoms with Crippen molar-refractivity contribution in [2.75, 3.05) is 18.5 Å². The highest BCUT2D eigenvalue weighted by atomic mass is 16.4. The van der Waals surface area contributed by atoms with Gasteiger partial charge in [0.2, 0.25) is 0 Å². The van der Waals surface area contributed by atoms with Crippen molar-refractivity contribution in [3.63, 3.8) is 0 Å². The second kappa shape index (κ2) is 19.5. The Labute approximate surface area is 346 Å². The SMILES string of the molecule is NC1=N[C@H](/C(=C\C(=O)O)[C@H](Nc2ccc[nH]2)[C@H]2CC[C@@H]3c4cc5ccc(CC=O)cc5cc4[C@@H]4[C@H]2[C@H]3C=C[C@H]4CCCCC[C@H](C=O)CCCO)C[C@H]([C@H](O)CCO)N1. The Bertz CT molecular complexity index is 2010. The van der Waals surface area contributed by atoms with Crippen molar-refractivity contribution in [2.24, 2.45) is 40.3 Å². The van der Waals surface area contributed by atoms with Crippen LogP contribution in [0.2, 0.25) is 0 Å². The molecule has 12 heteroatoms. The van der Waals surface area contributed by atoms with Gasteiger partial charge in [-0.25, -0.2) is 9.79 Å². The Morgan fingerprint density at radius 1 is 0.966 bits per heavy atom. The minimum absolute atomic E-state index is 0.000144. The predicted octanol–water partition coefficient (Wildman–Crippen LogP) is 5.74. The van der Waals surface area contributed by atoms with E-state index >= 15 is 0 Å². The monoisotopic (exact) mass is 807 g/mol. The van der Waals surface area contributed by atoms with Crippen LogP contribution in [0.3, 0.4) is 0 Å². The van der Waals surface area contributed by atoms with Crippen LogP contribution in [-0.4, -0.2) is 87.4 Å². The Hall–Kier alpha value is -4.78. The molecule has 1 aliphatic heterocycles. The number of hydrogen-bond acceptors (Lipinski definition) is 10. The van der Waals surface area contributed by atoms with E-state index in [9.17, 15) is 34.8 Å². The van der Waals surface area contributed by atoms with Crippen LogP contribution < -0.4 is 16.4 Å². The highest BCUT2D eigenvalue weighted by Crippen LogP contribution is 2.62. The van der Waals surface area contributed by atoms with Gasteiger partial charge in [0.25, 0.3) is 0 Å². The molecule has 11 atom stereocenters. The Morgan fingerprint density at radius 2 is 1.80 bits per heavy atom. The summed E-state index contributed by atoms with van der Waals surface area (Å²) in [6, 6.07) is 13.3. The molecule has 0 unspecified atom stereocenters. The minimum Gasteiger partial charge on any atom is -0.478 e. The standard InChI is InChI=1S/C47H61N5O7/c48-47-50-39(26-40(51-47)41(57)17-21-55)38(25-43(58)59)46(52-42-9-4-18-49-42)35-15-14-33-34-13-12-30(8-3-1-2-6-29(27-56)7-5-19-53)44(45(34)35)37-24-32-22-28(16-20-54)10-11-31(32)23-36(33)37/h4,9-13,18,20,22-25,27,29-30,33-35,39-41,44-46,49,52-53,55,57H,1-3,5-8,14-17,19,21,26H2,(H,58,59)(H3,48,50,51)/b38-25+/t29-,30+,33-,34-,35-,39-,40+,41+,44+,45-,46+/m0/s1. The van der Waals surface area contributed by atoms with Gasteiger partial charge in [0, 0.05) is 37.8 Å². The number of nitrogens with zero attached hydrogens (tertiary/aromatic N) is 1. The number of aliphatic hydroxyl groups is 3. The first-order valence-corrected chi connectivity index (χ1v) is 21.7. The van der Waals surface area contributed by atoms with Gasteiger partial charge in [-0.15, -0.1) is 0 Å². The lowest BCUT2D eigenvalue weighted by atomic mass is 9.48. The number of nitrogens with two attached hydrogens (primary N) is 1. The molecular formula is C47H61N5O7. The summed E-state index contributed by atoms with van der Waals surface area (Å²) < 4.78 is 0. The highest BCUT2D eigenvalue weighted by Gasteiger charge is 2.54. The first-order valence-electron chi connectivity index (χ1n) is 21.7. The van der Waals surface area contributed by atoms with Gasteiger partial charge < -0.3 is 51.4 Å². The number of aromatic amines is 1. The number of fused-ring (bicyclic) bond motifs is 4. The normalized spacial score (nSPS) is 27.5. The Kier molecular flexibility index (Phi) is 14.0. The molecule has 4 bridgehead atoms. The van der Waals surface area contributed by atoms with Crippen LogP contribution >= 0.6 is 0 Å². The van der Waals surface area contributed by atoms with Gasteiger partial charge in [-0.05, 0) is 132 Å². The van der Waals surface area contributed by atoms with Crippen molar-refractivity contribution in [1.82, 2.24) is 10.3 Å². The zero-order valence-corrected chi connectivity index (χ0v) is 33.8. The molecule has 316 valence electrons. The molecule has 12 nitrogen and oxygen atoms in total. The number of aliphatic carboxylic acids is 1. The lowest BCUT2D eigenvalue weighted by molar-refractivity contribution is -0.131. The quantitative estimate of drug-likeness (QED) is 0.0283. The summed E-state index contributed by atoms with van der Waals surface area (Å²) in [5, 5.41) is 49.5. The van der Waals surface area contributed by atoms with Crippen molar-refractivity contribution in [2.45, 2.75) is 113 Å². The van der Waals surface area contributed by atoms with Gasteiger partial charge in [0.15, 0.2) is 5.96 Å². The van der Waals surface area contributed by atoms with Gasteiger partial charge in [-0.2, -0.15) is 0 Å². The molecule has 7 rings (SSSR count). The lowest BCUT2D eigenvalue weighted by Crippen LogP contribution is -2.55. The maximum atomic E-state index is 12.8. The number of anilines is 1. The molecule has 0 radical (unpaired) electrons. The third-order valence-electron chi connectivity index (χ3n) is 13.8. The summed E-state index contributed by atoms with van der Waals surface area (Å²) in [4.78, 5) is 44.1. The van der Waals surface area contributed by atoms with E-state index in [2.05, 4.69) is 52.0 Å². The fourth-order valence-corrected chi connectivity index (χ4v) is 11.1. The van der Waals surface area contributed by atoms with Crippen LogP contribution in [0.5, 0.6) is 0 Å². The van der Waals surface area contributed by atoms with Gasteiger partial charge in [-0.3, -0.25) is 0 Å². The van der Waals surface area contributed by atoms with Crippen LogP contribution in [0, 0.1) is 29.6 Å². The number of unbranched alkanes of at least 4 members (excludes halogenated alkanes) is 2. The third-order valence-corrected chi connectivity index (χ3v) is 13.8. The number of rotatable bonds is 21. The fourth-order valence-electron chi connectivity index (χ4n) is 11.1. The summed E-state index contributed by atoms with van der Waals surface area (Å²) >= 11 is 0. The first-order chi connectivity index (χ1) is 28.7. The third kappa shape index (κ3) is 9.50. The molecule has 0 amide bonds. The number of guanidine groups is 1. The molecule has 2 aromatic carbocycles. The Morgan fingerprint density at radius 3 is 2.54 bits per heavy atom. The van der Waals surface area contributed by atoms with E-state index in [1.807, 2.05) is 24.4 Å². The molecule has 9 N–H and O–H groups in total. The van der Waals surface area contributed by atoms with E-state index in [1.165, 1.54) is 22.6 Å². The number of carboxylic acid groups (broad SMARTS) is 1. The Balaban J connectivity index is 1.28.